The molecular weight excluding hydrogens is 232 g/mol. The average Bonchev–Trinajstić information content (AvgIpc) is 2.55. The molecule has 5 heteroatoms. The minimum absolute atomic E-state index is 0.000602. The van der Waals surface area contributed by atoms with Crippen molar-refractivity contribution in [3.8, 4) is 0 Å². The maximum absolute atomic E-state index is 11.6. The monoisotopic (exact) mass is 245 g/mol. The van der Waals surface area contributed by atoms with Crippen LogP contribution >= 0.6 is 0 Å². The summed E-state index contributed by atoms with van der Waals surface area (Å²) in [5, 5.41) is 13.6. The van der Waals surface area contributed by atoms with Crippen LogP contribution in [0.5, 0.6) is 0 Å². The Kier molecular flexibility index (Phi) is 2.29. The Labute approximate surface area is 104 Å². The van der Waals surface area contributed by atoms with Gasteiger partial charge in [0.25, 0.3) is 0 Å². The van der Waals surface area contributed by atoms with Crippen molar-refractivity contribution in [1.29, 1.82) is 0 Å². The third-order valence-corrected chi connectivity index (χ3v) is 3.52. The molecule has 2 aliphatic rings. The largest absolute Gasteiger partial charge is 0.548 e. The van der Waals surface area contributed by atoms with E-state index in [-0.39, 0.29) is 18.4 Å². The van der Waals surface area contributed by atoms with E-state index >= 15 is 0 Å². The summed E-state index contributed by atoms with van der Waals surface area (Å²) >= 11 is 0. The number of benzene rings is 1. The molecule has 0 spiro atoms. The number of amides is 1. The minimum atomic E-state index is -1.09. The molecule has 0 bridgehead atoms. The van der Waals surface area contributed by atoms with Crippen molar-refractivity contribution in [3.63, 3.8) is 0 Å². The molecule has 1 amide bonds. The first-order chi connectivity index (χ1) is 8.54. The van der Waals surface area contributed by atoms with Gasteiger partial charge in [-0.05, 0) is 24.6 Å². The Hall–Kier alpha value is -2.04. The number of nitrogens with zero attached hydrogens (tertiary/aromatic N) is 1. The molecule has 0 aromatic heterocycles. The third-order valence-electron chi connectivity index (χ3n) is 3.52. The number of aliphatic carboxylic acids is 1. The topological polar surface area (TPSA) is 72.5 Å². The van der Waals surface area contributed by atoms with Crippen molar-refractivity contribution in [1.82, 2.24) is 0 Å². The van der Waals surface area contributed by atoms with E-state index < -0.39 is 5.97 Å². The van der Waals surface area contributed by atoms with Crippen LogP contribution in [0, 0.1) is 6.92 Å². The van der Waals surface area contributed by atoms with Gasteiger partial charge in [0, 0.05) is 35.8 Å². The Morgan fingerprint density at radius 1 is 1.56 bits per heavy atom. The van der Waals surface area contributed by atoms with Gasteiger partial charge in [0.05, 0.1) is 12.5 Å². The number of carbonyl (C=O) groups is 2. The third kappa shape index (κ3) is 1.63. The molecule has 18 heavy (non-hydrogen) atoms. The Bertz CT molecular complexity index is 553. The quantitative estimate of drug-likeness (QED) is 0.795. The molecule has 0 saturated carbocycles. The predicted molar refractivity (Wildman–Crippen MR) is 64.4 cm³/mol. The number of carboxylic acid groups (broad SMARTS) is 1. The zero-order valence-electron chi connectivity index (χ0n) is 10.0. The van der Waals surface area contributed by atoms with Crippen molar-refractivity contribution in [3.05, 3.63) is 23.3 Å². The number of anilines is 2. The second-order valence-corrected chi connectivity index (χ2v) is 4.95. The zero-order chi connectivity index (χ0) is 12.9. The number of aryl methyl sites for hydroxylation is 1. The van der Waals surface area contributed by atoms with E-state index in [1.807, 2.05) is 19.1 Å². The van der Waals surface area contributed by atoms with E-state index in [0.29, 0.717) is 13.0 Å². The van der Waals surface area contributed by atoms with Crippen LogP contribution < -0.4 is 15.3 Å². The lowest BCUT2D eigenvalue weighted by molar-refractivity contribution is -0.303. The lowest BCUT2D eigenvalue weighted by Crippen LogP contribution is -2.37. The maximum Gasteiger partial charge on any atom is 0.225 e. The highest BCUT2D eigenvalue weighted by Gasteiger charge is 2.36. The van der Waals surface area contributed by atoms with E-state index in [2.05, 4.69) is 5.32 Å². The van der Waals surface area contributed by atoms with Crippen molar-refractivity contribution in [2.24, 2.45) is 0 Å². The minimum Gasteiger partial charge on any atom is -0.548 e. The van der Waals surface area contributed by atoms with Crippen molar-refractivity contribution in [2.45, 2.75) is 19.3 Å². The highest BCUT2D eigenvalue weighted by atomic mass is 16.4. The molecule has 5 nitrogen and oxygen atoms in total. The van der Waals surface area contributed by atoms with Crippen LogP contribution in [0.25, 0.3) is 0 Å². The summed E-state index contributed by atoms with van der Waals surface area (Å²) in [6, 6.07) is 3.91. The summed E-state index contributed by atoms with van der Waals surface area (Å²) in [5.41, 5.74) is 3.82. The van der Waals surface area contributed by atoms with Gasteiger partial charge in [-0.1, -0.05) is 0 Å². The number of carbonyl (C=O) groups excluding carboxylic acids is 2. The number of rotatable bonds is 2. The molecule has 0 saturated heterocycles. The number of nitrogens with one attached hydrogen (secondary N) is 1. The van der Waals surface area contributed by atoms with Crippen LogP contribution in [0.15, 0.2) is 12.1 Å². The summed E-state index contributed by atoms with van der Waals surface area (Å²) in [5.74, 6) is -0.994. The van der Waals surface area contributed by atoms with Crippen LogP contribution in [0.2, 0.25) is 0 Å². The van der Waals surface area contributed by atoms with E-state index in [9.17, 15) is 14.7 Å². The molecule has 3 rings (SSSR count). The van der Waals surface area contributed by atoms with Gasteiger partial charge in [-0.3, -0.25) is 4.79 Å². The fourth-order valence-electron chi connectivity index (χ4n) is 2.93. The Morgan fingerprint density at radius 2 is 2.33 bits per heavy atom. The maximum atomic E-state index is 11.6. The van der Waals surface area contributed by atoms with E-state index in [1.54, 1.807) is 4.90 Å². The lowest BCUT2D eigenvalue weighted by Gasteiger charge is -2.21. The SMILES string of the molecule is Cc1cc2c3c(c1)N(CC(=O)[O-])CC3CC(=O)N2. The number of carboxylic acids is 1. The van der Waals surface area contributed by atoms with Gasteiger partial charge in [-0.2, -0.15) is 0 Å². The van der Waals surface area contributed by atoms with Crippen molar-refractivity contribution < 1.29 is 14.7 Å². The van der Waals surface area contributed by atoms with E-state index in [1.165, 1.54) is 0 Å². The molecule has 1 atom stereocenters. The molecule has 1 aromatic carbocycles. The molecular formula is C13H13N2O3-. The zero-order valence-corrected chi connectivity index (χ0v) is 10.0. The average molecular weight is 245 g/mol. The lowest BCUT2D eigenvalue weighted by atomic mass is 9.91. The summed E-state index contributed by atoms with van der Waals surface area (Å²) in [7, 11) is 0. The highest BCUT2D eigenvalue weighted by Crippen LogP contribution is 2.45. The van der Waals surface area contributed by atoms with Gasteiger partial charge in [-0.15, -0.1) is 0 Å². The van der Waals surface area contributed by atoms with Crippen molar-refractivity contribution >= 4 is 23.3 Å². The molecule has 1 aromatic rings. The van der Waals surface area contributed by atoms with Crippen LogP contribution in [-0.4, -0.2) is 25.0 Å². The first-order valence-electron chi connectivity index (χ1n) is 5.94. The fraction of sp³-hybridized carbons (Fsp3) is 0.385. The molecule has 2 aliphatic heterocycles. The molecule has 1 N–H and O–H groups in total. The van der Waals surface area contributed by atoms with Gasteiger partial charge in [0.2, 0.25) is 5.91 Å². The van der Waals surface area contributed by atoms with Gasteiger partial charge in [0.1, 0.15) is 0 Å². The highest BCUT2D eigenvalue weighted by molar-refractivity contribution is 5.97. The van der Waals surface area contributed by atoms with Gasteiger partial charge in [-0.25, -0.2) is 0 Å². The molecule has 2 heterocycles. The molecule has 0 radical (unpaired) electrons. The molecule has 0 fully saturated rings. The van der Waals surface area contributed by atoms with Crippen LogP contribution in [-0.2, 0) is 9.59 Å². The van der Waals surface area contributed by atoms with Crippen LogP contribution in [0.4, 0.5) is 11.4 Å². The van der Waals surface area contributed by atoms with Crippen LogP contribution in [0.1, 0.15) is 23.5 Å². The summed E-state index contributed by atoms with van der Waals surface area (Å²) in [6.45, 7) is 2.38. The second kappa shape index (κ2) is 3.73. The van der Waals surface area contributed by atoms with E-state index in [0.717, 1.165) is 22.5 Å². The summed E-state index contributed by atoms with van der Waals surface area (Å²) in [6.07, 6.45) is 0.423. The molecule has 94 valence electrons. The normalized spacial score (nSPS) is 20.6. The first-order valence-corrected chi connectivity index (χ1v) is 5.94. The standard InChI is InChI=1S/C13H14N2O3/c1-7-2-9-13-8(4-11(16)14-9)5-15(6-12(17)18)10(13)3-7/h2-3,8H,4-6H2,1H3,(H,14,16)(H,17,18)/p-1. The molecule has 1 unspecified atom stereocenters. The fourth-order valence-corrected chi connectivity index (χ4v) is 2.93. The molecule has 0 aliphatic carbocycles. The van der Waals surface area contributed by atoms with Gasteiger partial charge in [0.15, 0.2) is 0 Å². The smallest absolute Gasteiger partial charge is 0.225 e. The first kappa shape index (κ1) is 11.1. The van der Waals surface area contributed by atoms with Gasteiger partial charge >= 0.3 is 0 Å². The summed E-state index contributed by atoms with van der Waals surface area (Å²) < 4.78 is 0. The Morgan fingerprint density at radius 3 is 3.06 bits per heavy atom. The number of hydrogen-bond donors (Lipinski definition) is 1. The second-order valence-electron chi connectivity index (χ2n) is 4.95. The summed E-state index contributed by atoms with van der Waals surface area (Å²) in [4.78, 5) is 24.2. The van der Waals surface area contributed by atoms with Crippen LogP contribution in [0.3, 0.4) is 0 Å². The van der Waals surface area contributed by atoms with Crippen molar-refractivity contribution in [2.75, 3.05) is 23.3 Å². The Balaban J connectivity index is 2.08. The van der Waals surface area contributed by atoms with Gasteiger partial charge < -0.3 is 20.1 Å². The van der Waals surface area contributed by atoms with E-state index in [4.69, 9.17) is 0 Å². The predicted octanol–water partition coefficient (Wildman–Crippen LogP) is -0.00928. The number of hydrogen-bond acceptors (Lipinski definition) is 4.